The summed E-state index contributed by atoms with van der Waals surface area (Å²) in [6, 6.07) is 9.74. The molecule has 2 aromatic carbocycles. The first-order chi connectivity index (χ1) is 10.6. The van der Waals surface area contributed by atoms with E-state index in [2.05, 4.69) is 43.6 Å². The highest BCUT2D eigenvalue weighted by Crippen LogP contribution is 2.31. The number of aryl methyl sites for hydroxylation is 2. The van der Waals surface area contributed by atoms with Crippen molar-refractivity contribution in [1.29, 1.82) is 0 Å². The zero-order valence-electron chi connectivity index (χ0n) is 14.8. The molecule has 2 nitrogen and oxygen atoms in total. The molecule has 23 heavy (non-hydrogen) atoms. The van der Waals surface area contributed by atoms with Gasteiger partial charge in [0.15, 0.2) is 0 Å². The van der Waals surface area contributed by atoms with E-state index in [-0.39, 0.29) is 0 Å². The molecule has 0 aliphatic heterocycles. The Kier molecular flexibility index (Phi) is 7.14. The van der Waals surface area contributed by atoms with Crippen LogP contribution in [-0.4, -0.2) is 10.2 Å². The highest BCUT2D eigenvalue weighted by molar-refractivity contribution is 9.10. The summed E-state index contributed by atoms with van der Waals surface area (Å²) in [5.74, 6) is 1.63. The Bertz CT molecular complexity index is 661. The molecule has 0 radical (unpaired) electrons. The lowest BCUT2D eigenvalue weighted by atomic mass is 10.00. The summed E-state index contributed by atoms with van der Waals surface area (Å²) in [6.45, 7) is 12.1. The van der Waals surface area contributed by atoms with E-state index in [9.17, 15) is 10.2 Å². The number of halogens is 1. The molecule has 3 heteroatoms. The summed E-state index contributed by atoms with van der Waals surface area (Å²) in [5.41, 5.74) is 3.91. The first kappa shape index (κ1) is 19.6. The third kappa shape index (κ3) is 5.28. The van der Waals surface area contributed by atoms with E-state index in [1.165, 1.54) is 0 Å². The number of hydrogen-bond acceptors (Lipinski definition) is 2. The van der Waals surface area contributed by atoms with Gasteiger partial charge in [0.05, 0.1) is 0 Å². The first-order valence-corrected chi connectivity index (χ1v) is 8.71. The minimum absolute atomic E-state index is 0.362. The van der Waals surface area contributed by atoms with Crippen molar-refractivity contribution in [3.8, 4) is 11.5 Å². The lowest BCUT2D eigenvalue weighted by Crippen LogP contribution is -1.90. The average Bonchev–Trinajstić information content (AvgIpc) is 2.46. The third-order valence-corrected chi connectivity index (χ3v) is 4.27. The molecule has 0 saturated heterocycles. The summed E-state index contributed by atoms with van der Waals surface area (Å²) < 4.78 is 1.03. The lowest BCUT2D eigenvalue weighted by molar-refractivity contribution is 0.460. The van der Waals surface area contributed by atoms with Crippen molar-refractivity contribution in [3.63, 3.8) is 0 Å². The topological polar surface area (TPSA) is 40.5 Å². The summed E-state index contributed by atoms with van der Waals surface area (Å²) >= 11 is 3.40. The molecule has 0 amide bonds. The van der Waals surface area contributed by atoms with E-state index < -0.39 is 0 Å². The van der Waals surface area contributed by atoms with E-state index in [1.807, 2.05) is 44.2 Å². The van der Waals surface area contributed by atoms with Crippen LogP contribution in [0, 0.1) is 13.8 Å². The first-order valence-electron chi connectivity index (χ1n) is 7.92. The highest BCUT2D eigenvalue weighted by atomic mass is 79.9. The van der Waals surface area contributed by atoms with E-state index in [0.29, 0.717) is 23.3 Å². The van der Waals surface area contributed by atoms with Crippen molar-refractivity contribution in [2.75, 3.05) is 0 Å². The monoisotopic (exact) mass is 378 g/mol. The molecule has 2 aromatic rings. The van der Waals surface area contributed by atoms with Crippen molar-refractivity contribution >= 4 is 15.9 Å². The highest BCUT2D eigenvalue weighted by Gasteiger charge is 2.08. The molecule has 2 rings (SSSR count). The van der Waals surface area contributed by atoms with E-state index in [4.69, 9.17) is 0 Å². The molecule has 0 spiro atoms. The zero-order valence-corrected chi connectivity index (χ0v) is 16.4. The van der Waals surface area contributed by atoms with Gasteiger partial charge in [-0.15, -0.1) is 0 Å². The van der Waals surface area contributed by atoms with Crippen molar-refractivity contribution < 1.29 is 10.2 Å². The minimum Gasteiger partial charge on any atom is -0.507 e. The summed E-state index contributed by atoms with van der Waals surface area (Å²) in [7, 11) is 0. The van der Waals surface area contributed by atoms with Crippen LogP contribution in [0.3, 0.4) is 0 Å². The van der Waals surface area contributed by atoms with Gasteiger partial charge < -0.3 is 10.2 Å². The number of aromatic hydroxyl groups is 2. The number of para-hydroxylation sites is 1. The van der Waals surface area contributed by atoms with Crippen LogP contribution in [0.1, 0.15) is 61.8 Å². The van der Waals surface area contributed by atoms with Gasteiger partial charge in [0.2, 0.25) is 0 Å². The molecule has 126 valence electrons. The normalized spacial score (nSPS) is 10.7. The Labute approximate surface area is 148 Å². The molecule has 0 bridgehead atoms. The lowest BCUT2D eigenvalue weighted by Gasteiger charge is -2.10. The second-order valence-corrected chi connectivity index (χ2v) is 7.40. The number of rotatable bonds is 2. The standard InChI is InChI=1S/C10H13BrO.C10H14O/c1-6(2)9-5-8(11)4-7(3)10(9)12;1-7(2)9-6-4-5-8(3)10(9)11/h4-6,12H,1-3H3;4-7,11H,1-3H3. The van der Waals surface area contributed by atoms with Crippen LogP contribution in [0.4, 0.5) is 0 Å². The Morgan fingerprint density at radius 2 is 1.30 bits per heavy atom. The van der Waals surface area contributed by atoms with Crippen molar-refractivity contribution in [2.24, 2.45) is 0 Å². The van der Waals surface area contributed by atoms with Gasteiger partial charge in [-0.1, -0.05) is 61.8 Å². The van der Waals surface area contributed by atoms with Gasteiger partial charge in [0, 0.05) is 4.47 Å². The molecular weight excluding hydrogens is 352 g/mol. The van der Waals surface area contributed by atoms with Crippen LogP contribution < -0.4 is 0 Å². The average molecular weight is 379 g/mol. The fourth-order valence-electron chi connectivity index (χ4n) is 2.35. The molecular formula is C20H27BrO2. The maximum Gasteiger partial charge on any atom is 0.122 e. The second kappa shape index (κ2) is 8.39. The zero-order chi connectivity index (χ0) is 17.7. The van der Waals surface area contributed by atoms with E-state index >= 15 is 0 Å². The van der Waals surface area contributed by atoms with Gasteiger partial charge in [-0.25, -0.2) is 0 Å². The van der Waals surface area contributed by atoms with Gasteiger partial charge >= 0.3 is 0 Å². The van der Waals surface area contributed by atoms with Crippen LogP contribution in [0.25, 0.3) is 0 Å². The molecule has 0 aliphatic rings. The molecule has 0 unspecified atom stereocenters. The summed E-state index contributed by atoms with van der Waals surface area (Å²) in [4.78, 5) is 0. The van der Waals surface area contributed by atoms with E-state index in [0.717, 1.165) is 26.7 Å². The number of phenols is 2. The molecule has 2 N–H and O–H groups in total. The predicted octanol–water partition coefficient (Wildman–Crippen LogP) is 6.41. The largest absolute Gasteiger partial charge is 0.507 e. The SMILES string of the molecule is Cc1cc(Br)cc(C(C)C)c1O.Cc1cccc(C(C)C)c1O. The Morgan fingerprint density at radius 1 is 0.783 bits per heavy atom. The van der Waals surface area contributed by atoms with Gasteiger partial charge in [0.25, 0.3) is 0 Å². The van der Waals surface area contributed by atoms with Crippen LogP contribution >= 0.6 is 15.9 Å². The molecule has 0 saturated carbocycles. The summed E-state index contributed by atoms with van der Waals surface area (Å²) in [6.07, 6.45) is 0. The van der Waals surface area contributed by atoms with Crippen LogP contribution in [0.15, 0.2) is 34.8 Å². The van der Waals surface area contributed by atoms with Gasteiger partial charge in [-0.3, -0.25) is 0 Å². The van der Waals surface area contributed by atoms with Crippen molar-refractivity contribution in [1.82, 2.24) is 0 Å². The second-order valence-electron chi connectivity index (χ2n) is 6.48. The maximum absolute atomic E-state index is 9.67. The summed E-state index contributed by atoms with van der Waals surface area (Å²) in [5, 5.41) is 19.2. The maximum atomic E-state index is 9.67. The van der Waals surface area contributed by atoms with Crippen LogP contribution in [-0.2, 0) is 0 Å². The number of phenolic OH excluding ortho intramolecular Hbond substituents is 2. The Hall–Kier alpha value is -1.48. The van der Waals surface area contributed by atoms with Gasteiger partial charge in [0.1, 0.15) is 11.5 Å². The van der Waals surface area contributed by atoms with Crippen LogP contribution in [0.5, 0.6) is 11.5 Å². The Morgan fingerprint density at radius 3 is 1.78 bits per heavy atom. The van der Waals surface area contributed by atoms with Gasteiger partial charge in [-0.05, 0) is 60.1 Å². The predicted molar refractivity (Wildman–Crippen MR) is 102 cm³/mol. The van der Waals surface area contributed by atoms with Gasteiger partial charge in [-0.2, -0.15) is 0 Å². The third-order valence-electron chi connectivity index (χ3n) is 3.81. The quantitative estimate of drug-likeness (QED) is 0.633. The van der Waals surface area contributed by atoms with Crippen LogP contribution in [0.2, 0.25) is 0 Å². The number of benzene rings is 2. The number of hydrogen-bond donors (Lipinski definition) is 2. The molecule has 0 atom stereocenters. The van der Waals surface area contributed by atoms with Crippen molar-refractivity contribution in [3.05, 3.63) is 57.1 Å². The molecule has 0 aromatic heterocycles. The fraction of sp³-hybridized carbons (Fsp3) is 0.400. The van der Waals surface area contributed by atoms with E-state index in [1.54, 1.807) is 0 Å². The molecule has 0 fully saturated rings. The molecule has 0 aliphatic carbocycles. The van der Waals surface area contributed by atoms with Crippen molar-refractivity contribution in [2.45, 2.75) is 53.4 Å². The fourth-order valence-corrected chi connectivity index (χ4v) is 2.94. The smallest absolute Gasteiger partial charge is 0.122 e. The minimum atomic E-state index is 0.362. The Balaban J connectivity index is 0.000000231. The molecule has 0 heterocycles.